The van der Waals surface area contributed by atoms with E-state index < -0.39 is 0 Å². The van der Waals surface area contributed by atoms with Crippen molar-refractivity contribution in [3.63, 3.8) is 0 Å². The number of rotatable bonds is 4. The van der Waals surface area contributed by atoms with Crippen LogP contribution in [0.3, 0.4) is 0 Å². The van der Waals surface area contributed by atoms with Gasteiger partial charge in [0.25, 0.3) is 0 Å². The van der Waals surface area contributed by atoms with Gasteiger partial charge in [0.05, 0.1) is 6.20 Å². The topological polar surface area (TPSA) is 41.9 Å². The number of thiocarbonyl (C=S) groups is 1. The maximum absolute atomic E-state index is 5.28. The highest BCUT2D eigenvalue weighted by atomic mass is 32.1. The lowest BCUT2D eigenvalue weighted by Gasteiger charge is -2.10. The molecule has 0 fully saturated rings. The van der Waals surface area contributed by atoms with E-state index >= 15 is 0 Å². The minimum atomic E-state index is 0.661. The van der Waals surface area contributed by atoms with Gasteiger partial charge in [-0.1, -0.05) is 29.8 Å². The highest BCUT2D eigenvalue weighted by Crippen LogP contribution is 2.05. The first-order valence-corrected chi connectivity index (χ1v) is 7.02. The molecule has 5 heteroatoms. The molecular weight excluding hydrogens is 268 g/mol. The normalized spacial score (nSPS) is 10.3. The first-order chi connectivity index (χ1) is 9.56. The van der Waals surface area contributed by atoms with Gasteiger partial charge in [0.2, 0.25) is 0 Å². The van der Waals surface area contributed by atoms with E-state index in [1.165, 1.54) is 11.1 Å². The van der Waals surface area contributed by atoms with Crippen molar-refractivity contribution in [3.8, 4) is 0 Å². The highest BCUT2D eigenvalue weighted by molar-refractivity contribution is 7.80. The third kappa shape index (κ3) is 3.81. The molecule has 0 amide bonds. The average molecular weight is 288 g/mol. The van der Waals surface area contributed by atoms with Gasteiger partial charge in [0.15, 0.2) is 5.11 Å². The summed E-state index contributed by atoms with van der Waals surface area (Å²) < 4.78 is 1.86. The standard InChI is InChI=1S/C15H20N4S/c1-11-4-6-13(7-5-11)8-16-15(20)17-9-14-10-18-19(3)12(14)2/h4-7,10H,8-9H2,1-3H3,(H2,16,17,20). The van der Waals surface area contributed by atoms with E-state index in [0.29, 0.717) is 11.7 Å². The summed E-state index contributed by atoms with van der Waals surface area (Å²) in [5, 5.41) is 11.3. The van der Waals surface area contributed by atoms with Crippen molar-refractivity contribution in [2.45, 2.75) is 26.9 Å². The van der Waals surface area contributed by atoms with E-state index in [1.807, 2.05) is 24.9 Å². The van der Waals surface area contributed by atoms with E-state index in [2.05, 4.69) is 46.9 Å². The summed E-state index contributed by atoms with van der Waals surface area (Å²) in [5.41, 5.74) is 4.80. The Kier molecular flexibility index (Phi) is 4.74. The zero-order chi connectivity index (χ0) is 14.5. The predicted molar refractivity (Wildman–Crippen MR) is 85.4 cm³/mol. The number of benzene rings is 1. The van der Waals surface area contributed by atoms with Gasteiger partial charge >= 0.3 is 0 Å². The Morgan fingerprint density at radius 1 is 1.15 bits per heavy atom. The van der Waals surface area contributed by atoms with Crippen molar-refractivity contribution < 1.29 is 0 Å². The molecule has 0 aliphatic rings. The largest absolute Gasteiger partial charge is 0.359 e. The van der Waals surface area contributed by atoms with Gasteiger partial charge in [-0.25, -0.2) is 0 Å². The average Bonchev–Trinajstić information content (AvgIpc) is 2.76. The Bertz CT molecular complexity index is 586. The maximum atomic E-state index is 5.28. The third-order valence-electron chi connectivity index (χ3n) is 3.35. The van der Waals surface area contributed by atoms with E-state index in [4.69, 9.17) is 12.2 Å². The van der Waals surface area contributed by atoms with E-state index in [1.54, 1.807) is 0 Å². The SMILES string of the molecule is Cc1ccc(CNC(=S)NCc2cnn(C)c2C)cc1. The molecule has 0 aliphatic heterocycles. The lowest BCUT2D eigenvalue weighted by Crippen LogP contribution is -2.34. The van der Waals surface area contributed by atoms with Crippen molar-refractivity contribution in [2.24, 2.45) is 7.05 Å². The smallest absolute Gasteiger partial charge is 0.166 e. The molecule has 2 rings (SSSR count). The summed E-state index contributed by atoms with van der Waals surface area (Å²) in [7, 11) is 1.94. The monoisotopic (exact) mass is 288 g/mol. The fourth-order valence-electron chi connectivity index (χ4n) is 1.84. The number of hydrogen-bond acceptors (Lipinski definition) is 2. The van der Waals surface area contributed by atoms with Crippen LogP contribution in [0.25, 0.3) is 0 Å². The zero-order valence-corrected chi connectivity index (χ0v) is 12.9. The molecule has 0 atom stereocenters. The van der Waals surface area contributed by atoms with Gasteiger partial charge < -0.3 is 10.6 Å². The Balaban J connectivity index is 1.78. The van der Waals surface area contributed by atoms with Crippen LogP contribution < -0.4 is 10.6 Å². The van der Waals surface area contributed by atoms with Gasteiger partial charge in [0, 0.05) is 31.4 Å². The third-order valence-corrected chi connectivity index (χ3v) is 3.64. The lowest BCUT2D eigenvalue weighted by atomic mass is 10.1. The first kappa shape index (κ1) is 14.5. The van der Waals surface area contributed by atoms with Crippen LogP contribution in [0, 0.1) is 13.8 Å². The second-order valence-corrected chi connectivity index (χ2v) is 5.31. The van der Waals surface area contributed by atoms with Gasteiger partial charge in [-0.2, -0.15) is 5.10 Å². The molecule has 0 unspecified atom stereocenters. The quantitative estimate of drug-likeness (QED) is 0.847. The van der Waals surface area contributed by atoms with Crippen molar-refractivity contribution in [2.75, 3.05) is 0 Å². The minimum Gasteiger partial charge on any atom is -0.359 e. The van der Waals surface area contributed by atoms with Crippen LogP contribution in [0.2, 0.25) is 0 Å². The van der Waals surface area contributed by atoms with Crippen molar-refractivity contribution >= 4 is 17.3 Å². The molecule has 0 spiro atoms. The van der Waals surface area contributed by atoms with Crippen LogP contribution >= 0.6 is 12.2 Å². The highest BCUT2D eigenvalue weighted by Gasteiger charge is 2.04. The summed E-state index contributed by atoms with van der Waals surface area (Å²) in [6.45, 7) is 5.56. The molecule has 2 aromatic rings. The number of hydrogen-bond donors (Lipinski definition) is 2. The molecule has 2 N–H and O–H groups in total. The fraction of sp³-hybridized carbons (Fsp3) is 0.333. The Morgan fingerprint density at radius 3 is 2.40 bits per heavy atom. The Hall–Kier alpha value is -1.88. The zero-order valence-electron chi connectivity index (χ0n) is 12.1. The molecule has 4 nitrogen and oxygen atoms in total. The van der Waals surface area contributed by atoms with E-state index in [-0.39, 0.29) is 0 Å². The molecule has 1 aromatic heterocycles. The molecule has 1 heterocycles. The fourth-order valence-corrected chi connectivity index (χ4v) is 1.99. The van der Waals surface area contributed by atoms with E-state index in [0.717, 1.165) is 17.8 Å². The van der Waals surface area contributed by atoms with Gasteiger partial charge in [-0.15, -0.1) is 0 Å². The van der Waals surface area contributed by atoms with Crippen molar-refractivity contribution in [1.82, 2.24) is 20.4 Å². The van der Waals surface area contributed by atoms with Gasteiger partial charge in [0.1, 0.15) is 0 Å². The molecule has 0 aliphatic carbocycles. The molecule has 106 valence electrons. The molecule has 1 aromatic carbocycles. The number of aromatic nitrogens is 2. The molecule has 0 saturated heterocycles. The van der Waals surface area contributed by atoms with Crippen molar-refractivity contribution in [3.05, 3.63) is 52.8 Å². The first-order valence-electron chi connectivity index (χ1n) is 6.61. The second kappa shape index (κ2) is 6.52. The molecular formula is C15H20N4S. The summed E-state index contributed by atoms with van der Waals surface area (Å²) in [6, 6.07) is 8.42. The maximum Gasteiger partial charge on any atom is 0.166 e. The van der Waals surface area contributed by atoms with Crippen LogP contribution in [-0.4, -0.2) is 14.9 Å². The van der Waals surface area contributed by atoms with Crippen LogP contribution in [0.15, 0.2) is 30.5 Å². The molecule has 0 radical (unpaired) electrons. The van der Waals surface area contributed by atoms with E-state index in [9.17, 15) is 0 Å². The van der Waals surface area contributed by atoms with Crippen LogP contribution in [0.4, 0.5) is 0 Å². The van der Waals surface area contributed by atoms with Crippen LogP contribution in [-0.2, 0) is 20.1 Å². The summed E-state index contributed by atoms with van der Waals surface area (Å²) >= 11 is 5.28. The van der Waals surface area contributed by atoms with Crippen LogP contribution in [0.1, 0.15) is 22.4 Å². The van der Waals surface area contributed by atoms with Crippen molar-refractivity contribution in [1.29, 1.82) is 0 Å². The Labute approximate surface area is 125 Å². The lowest BCUT2D eigenvalue weighted by molar-refractivity contribution is 0.735. The minimum absolute atomic E-state index is 0.661. The molecule has 20 heavy (non-hydrogen) atoms. The predicted octanol–water partition coefficient (Wildman–Crippen LogP) is 2.20. The Morgan fingerprint density at radius 2 is 1.80 bits per heavy atom. The molecule has 0 bridgehead atoms. The summed E-state index contributed by atoms with van der Waals surface area (Å²) in [5.74, 6) is 0. The number of nitrogens with one attached hydrogen (secondary N) is 2. The summed E-state index contributed by atoms with van der Waals surface area (Å²) in [6.07, 6.45) is 1.87. The number of aryl methyl sites for hydroxylation is 2. The van der Waals surface area contributed by atoms with Crippen LogP contribution in [0.5, 0.6) is 0 Å². The molecule has 0 saturated carbocycles. The van der Waals surface area contributed by atoms with Gasteiger partial charge in [-0.3, -0.25) is 4.68 Å². The second-order valence-electron chi connectivity index (χ2n) is 4.90. The number of nitrogens with zero attached hydrogens (tertiary/aromatic N) is 2. The summed E-state index contributed by atoms with van der Waals surface area (Å²) in [4.78, 5) is 0. The van der Waals surface area contributed by atoms with Gasteiger partial charge in [-0.05, 0) is 31.6 Å².